The average molecular weight is 124 g/mol. The van der Waals surface area contributed by atoms with E-state index in [2.05, 4.69) is 13.8 Å². The molecule has 1 nitrogen and oxygen atoms in total. The van der Waals surface area contributed by atoms with E-state index in [1.807, 2.05) is 0 Å². The van der Waals surface area contributed by atoms with Gasteiger partial charge in [-0.2, -0.15) is 0 Å². The van der Waals surface area contributed by atoms with Crippen molar-refractivity contribution < 1.29 is 0 Å². The van der Waals surface area contributed by atoms with Crippen LogP contribution in [-0.2, 0) is 0 Å². The van der Waals surface area contributed by atoms with E-state index in [0.717, 1.165) is 0 Å². The van der Waals surface area contributed by atoms with Crippen LogP contribution in [0.1, 0.15) is 33.1 Å². The molecule has 0 unspecified atom stereocenters. The number of hydrogen-bond acceptors (Lipinski definition) is 1. The Labute approximate surface area is 56.6 Å². The molecule has 3 aliphatic rings. The molecule has 0 aliphatic heterocycles. The predicted octanol–water partition coefficient (Wildman–Crippen LogP) is 1.48. The number of nitrogens with two attached hydrogens (primary N) is 1. The Morgan fingerprint density at radius 3 is 1.78 bits per heavy atom. The highest BCUT2D eigenvalue weighted by Gasteiger charge is 2.66. The van der Waals surface area contributed by atoms with Crippen molar-refractivity contribution in [3.05, 3.63) is 5.92 Å². The first-order valence-electron chi connectivity index (χ1n) is 3.66. The van der Waals surface area contributed by atoms with Crippen molar-refractivity contribution in [2.24, 2.45) is 11.1 Å². The number of hydrogen-bond donors (Lipinski definition) is 1. The maximum atomic E-state index is 5.90. The molecule has 0 atom stereocenters. The molecule has 2 N–H and O–H groups in total. The summed E-state index contributed by atoms with van der Waals surface area (Å²) in [5, 5.41) is 0. The van der Waals surface area contributed by atoms with E-state index in [0.29, 0.717) is 5.41 Å². The molecule has 3 aliphatic carbocycles. The van der Waals surface area contributed by atoms with Gasteiger partial charge in [-0.1, -0.05) is 13.8 Å². The lowest BCUT2D eigenvalue weighted by Gasteiger charge is -2.71. The minimum atomic E-state index is 0.289. The molecule has 1 heteroatoms. The molecule has 0 aromatic rings. The summed E-state index contributed by atoms with van der Waals surface area (Å²) in [5.41, 5.74) is 6.81. The molecule has 0 spiro atoms. The van der Waals surface area contributed by atoms with Crippen LogP contribution in [0.4, 0.5) is 0 Å². The standard InChI is InChI=1S/C8H14N/c1-6(2)7-3-8(9,4-7)5-7/h3-5,9H2,1-2H3. The lowest BCUT2D eigenvalue weighted by molar-refractivity contribution is -0.116. The van der Waals surface area contributed by atoms with Gasteiger partial charge in [0.2, 0.25) is 0 Å². The summed E-state index contributed by atoms with van der Waals surface area (Å²) >= 11 is 0. The van der Waals surface area contributed by atoms with Crippen molar-refractivity contribution in [2.45, 2.75) is 38.6 Å². The van der Waals surface area contributed by atoms with Gasteiger partial charge in [-0.3, -0.25) is 0 Å². The fourth-order valence-electron chi connectivity index (χ4n) is 2.40. The van der Waals surface area contributed by atoms with Crippen LogP contribution in [0, 0.1) is 11.3 Å². The molecule has 0 aromatic heterocycles. The number of rotatable bonds is 1. The minimum Gasteiger partial charge on any atom is -0.325 e. The van der Waals surface area contributed by atoms with Crippen molar-refractivity contribution in [1.82, 2.24) is 0 Å². The highest BCUT2D eigenvalue weighted by Crippen LogP contribution is 2.69. The van der Waals surface area contributed by atoms with Crippen molar-refractivity contribution in [3.8, 4) is 0 Å². The lowest BCUT2D eigenvalue weighted by Crippen LogP contribution is -2.73. The highest BCUT2D eigenvalue weighted by atomic mass is 14.9. The van der Waals surface area contributed by atoms with E-state index in [1.54, 1.807) is 5.92 Å². The maximum absolute atomic E-state index is 5.90. The molecule has 1 radical (unpaired) electrons. The molecule has 0 aromatic carbocycles. The van der Waals surface area contributed by atoms with E-state index >= 15 is 0 Å². The van der Waals surface area contributed by atoms with Gasteiger partial charge in [0.15, 0.2) is 0 Å². The Kier molecular flexibility index (Phi) is 0.760. The van der Waals surface area contributed by atoms with Crippen LogP contribution in [-0.4, -0.2) is 5.54 Å². The van der Waals surface area contributed by atoms with Crippen LogP contribution in [0.2, 0.25) is 0 Å². The maximum Gasteiger partial charge on any atom is 0.0170 e. The van der Waals surface area contributed by atoms with E-state index in [-0.39, 0.29) is 5.54 Å². The van der Waals surface area contributed by atoms with Crippen molar-refractivity contribution >= 4 is 0 Å². The molecule has 3 fully saturated rings. The van der Waals surface area contributed by atoms with Crippen molar-refractivity contribution in [3.63, 3.8) is 0 Å². The molecule has 0 amide bonds. The van der Waals surface area contributed by atoms with Gasteiger partial charge in [-0.15, -0.1) is 0 Å². The Hall–Kier alpha value is -0.0400. The first-order valence-corrected chi connectivity index (χ1v) is 3.66. The van der Waals surface area contributed by atoms with Crippen molar-refractivity contribution in [2.75, 3.05) is 0 Å². The quantitative estimate of drug-likeness (QED) is 0.563. The molecule has 2 bridgehead atoms. The van der Waals surface area contributed by atoms with Crippen LogP contribution in [0.15, 0.2) is 0 Å². The molecule has 9 heavy (non-hydrogen) atoms. The zero-order chi connectivity index (χ0) is 6.70. The fourth-order valence-corrected chi connectivity index (χ4v) is 2.40. The zero-order valence-electron chi connectivity index (χ0n) is 6.20. The first kappa shape index (κ1) is 5.72. The smallest absolute Gasteiger partial charge is 0.0170 e. The van der Waals surface area contributed by atoms with Gasteiger partial charge in [0.1, 0.15) is 0 Å². The highest BCUT2D eigenvalue weighted by molar-refractivity contribution is 5.29. The van der Waals surface area contributed by atoms with E-state index < -0.39 is 0 Å². The molecule has 51 valence electrons. The normalized spacial score (nSPS) is 54.7. The first-order chi connectivity index (χ1) is 4.06. The molecule has 0 saturated heterocycles. The molecular formula is C8H14N. The van der Waals surface area contributed by atoms with Crippen LogP contribution in [0.3, 0.4) is 0 Å². The summed E-state index contributed by atoms with van der Waals surface area (Å²) in [6, 6.07) is 0. The van der Waals surface area contributed by atoms with E-state index in [9.17, 15) is 0 Å². The average Bonchev–Trinajstić information content (AvgIpc) is 1.54. The Morgan fingerprint density at radius 2 is 1.67 bits per heavy atom. The third kappa shape index (κ3) is 0.493. The van der Waals surface area contributed by atoms with Gasteiger partial charge in [-0.05, 0) is 30.6 Å². The molecule has 3 saturated carbocycles. The largest absolute Gasteiger partial charge is 0.325 e. The molecule has 3 rings (SSSR count). The van der Waals surface area contributed by atoms with E-state index in [1.165, 1.54) is 19.3 Å². The molecule has 0 heterocycles. The third-order valence-electron chi connectivity index (χ3n) is 3.13. The Bertz CT molecular complexity index is 129. The van der Waals surface area contributed by atoms with Gasteiger partial charge >= 0.3 is 0 Å². The fraction of sp³-hybridized carbons (Fsp3) is 0.875. The SMILES string of the molecule is C[C](C)C12CC(N)(C1)C2. The van der Waals surface area contributed by atoms with Crippen LogP contribution in [0.5, 0.6) is 0 Å². The van der Waals surface area contributed by atoms with E-state index in [4.69, 9.17) is 5.73 Å². The summed E-state index contributed by atoms with van der Waals surface area (Å²) in [4.78, 5) is 0. The topological polar surface area (TPSA) is 26.0 Å². The summed E-state index contributed by atoms with van der Waals surface area (Å²) in [6.45, 7) is 4.47. The lowest BCUT2D eigenvalue weighted by atomic mass is 9.36. The summed E-state index contributed by atoms with van der Waals surface area (Å²) in [6.07, 6.45) is 3.80. The van der Waals surface area contributed by atoms with Gasteiger partial charge in [0.25, 0.3) is 0 Å². The zero-order valence-corrected chi connectivity index (χ0v) is 6.20. The second-order valence-electron chi connectivity index (χ2n) is 4.17. The predicted molar refractivity (Wildman–Crippen MR) is 37.8 cm³/mol. The molecular weight excluding hydrogens is 110 g/mol. The minimum absolute atomic E-state index is 0.289. The summed E-state index contributed by atoms with van der Waals surface area (Å²) in [7, 11) is 0. The summed E-state index contributed by atoms with van der Waals surface area (Å²) < 4.78 is 0. The van der Waals surface area contributed by atoms with Crippen LogP contribution < -0.4 is 5.73 Å². The van der Waals surface area contributed by atoms with Crippen molar-refractivity contribution in [1.29, 1.82) is 0 Å². The Morgan fingerprint density at radius 1 is 1.22 bits per heavy atom. The third-order valence-corrected chi connectivity index (χ3v) is 3.13. The summed E-state index contributed by atoms with van der Waals surface area (Å²) in [5.74, 6) is 1.59. The van der Waals surface area contributed by atoms with Crippen LogP contribution in [0.25, 0.3) is 0 Å². The second-order valence-corrected chi connectivity index (χ2v) is 4.17. The van der Waals surface area contributed by atoms with Gasteiger partial charge in [0, 0.05) is 5.54 Å². The van der Waals surface area contributed by atoms with Gasteiger partial charge < -0.3 is 5.73 Å². The monoisotopic (exact) mass is 124 g/mol. The van der Waals surface area contributed by atoms with Gasteiger partial charge in [0.05, 0.1) is 0 Å². The second kappa shape index (κ2) is 1.20. The van der Waals surface area contributed by atoms with Crippen LogP contribution >= 0.6 is 0 Å². The Balaban J connectivity index is 2.04. The van der Waals surface area contributed by atoms with Gasteiger partial charge in [-0.25, -0.2) is 0 Å².